The van der Waals surface area contributed by atoms with E-state index < -0.39 is 27.6 Å². The van der Waals surface area contributed by atoms with Gasteiger partial charge in [-0.1, -0.05) is 19.1 Å². The highest BCUT2D eigenvalue weighted by Crippen LogP contribution is 2.36. The summed E-state index contributed by atoms with van der Waals surface area (Å²) in [6.07, 6.45) is -4.76. The first-order valence-electron chi connectivity index (χ1n) is 11.2. The van der Waals surface area contributed by atoms with Crippen LogP contribution in [-0.4, -0.2) is 46.2 Å². The van der Waals surface area contributed by atoms with Crippen LogP contribution in [0.5, 0.6) is 5.75 Å². The van der Waals surface area contributed by atoms with Crippen LogP contribution in [0.1, 0.15) is 42.1 Å². The second kappa shape index (κ2) is 9.95. The Morgan fingerprint density at radius 3 is 2.35 bits per heavy atom. The highest BCUT2D eigenvalue weighted by atomic mass is 32.2. The van der Waals surface area contributed by atoms with Crippen LogP contribution in [0.2, 0.25) is 0 Å². The third-order valence-electron chi connectivity index (χ3n) is 6.30. The van der Waals surface area contributed by atoms with Crippen LogP contribution in [-0.2, 0) is 21.2 Å². The Morgan fingerprint density at radius 1 is 1.06 bits per heavy atom. The van der Waals surface area contributed by atoms with Crippen molar-refractivity contribution in [3.8, 4) is 5.75 Å². The molecule has 1 saturated heterocycles. The predicted molar refractivity (Wildman–Crippen MR) is 120 cm³/mol. The second-order valence-corrected chi connectivity index (χ2v) is 10.2. The van der Waals surface area contributed by atoms with E-state index in [1.54, 1.807) is 12.1 Å². The fraction of sp³-hybridized carbons (Fsp3) is 0.458. The zero-order valence-electron chi connectivity index (χ0n) is 18.6. The fourth-order valence-corrected chi connectivity index (χ4v) is 5.84. The van der Waals surface area contributed by atoms with E-state index in [0.29, 0.717) is 19.6 Å². The van der Waals surface area contributed by atoms with Crippen LogP contribution in [0, 0.1) is 5.92 Å². The number of hydrogen-bond acceptors (Lipinski definition) is 5. The van der Waals surface area contributed by atoms with Gasteiger partial charge in [0, 0.05) is 25.6 Å². The normalized spacial score (nSPS) is 20.0. The summed E-state index contributed by atoms with van der Waals surface area (Å²) in [4.78, 5) is 12.4. The molecular weight excluding hydrogens is 471 g/mol. The van der Waals surface area contributed by atoms with Crippen molar-refractivity contribution in [2.45, 2.75) is 56.3 Å². The Labute approximate surface area is 196 Å². The minimum Gasteiger partial charge on any atom is -0.489 e. The lowest BCUT2D eigenvalue weighted by molar-refractivity contribution is 0.0119. The Bertz CT molecular complexity index is 1130. The van der Waals surface area contributed by atoms with Gasteiger partial charge >= 0.3 is 0 Å². The molecule has 10 heteroatoms. The summed E-state index contributed by atoms with van der Waals surface area (Å²) in [5, 5.41) is 0. The summed E-state index contributed by atoms with van der Waals surface area (Å²) in [6, 6.07) is 9.25. The van der Waals surface area contributed by atoms with Crippen molar-refractivity contribution >= 4 is 21.5 Å². The molecule has 0 N–H and O–H groups in total. The highest BCUT2D eigenvalue weighted by Gasteiger charge is 2.39. The number of carbonyl (C=O) groups is 1. The molecule has 0 aliphatic carbocycles. The van der Waals surface area contributed by atoms with Gasteiger partial charge in [-0.15, -0.1) is 0 Å². The van der Waals surface area contributed by atoms with Gasteiger partial charge < -0.3 is 9.47 Å². The van der Waals surface area contributed by atoms with E-state index in [9.17, 15) is 26.4 Å². The average molecular weight is 498 g/mol. The van der Waals surface area contributed by atoms with Crippen molar-refractivity contribution in [3.63, 3.8) is 0 Å². The quantitative estimate of drug-likeness (QED) is 0.516. The van der Waals surface area contributed by atoms with E-state index in [4.69, 9.17) is 9.47 Å². The summed E-state index contributed by atoms with van der Waals surface area (Å²) in [7, 11) is -4.75. The first kappa shape index (κ1) is 24.5. The smallest absolute Gasteiger partial charge is 0.288 e. The number of carbonyl (C=O) groups excluding carboxylic acids is 1. The molecular formula is C24H26F3NO5S. The maximum absolute atomic E-state index is 14.6. The maximum atomic E-state index is 14.6. The van der Waals surface area contributed by atoms with Crippen LogP contribution < -0.4 is 9.04 Å². The summed E-state index contributed by atoms with van der Waals surface area (Å²) in [5.41, 5.74) is 0.646. The number of alkyl halides is 3. The Hall–Kier alpha value is -2.59. The number of benzene rings is 2. The van der Waals surface area contributed by atoms with Gasteiger partial charge in [-0.25, -0.2) is 25.9 Å². The third-order valence-corrected chi connectivity index (χ3v) is 8.08. The van der Waals surface area contributed by atoms with Crippen LogP contribution in [0.25, 0.3) is 0 Å². The number of nitrogens with zero attached hydrogens (tertiary/aromatic N) is 1. The lowest BCUT2D eigenvalue weighted by Gasteiger charge is -2.34. The highest BCUT2D eigenvalue weighted by molar-refractivity contribution is 7.92. The third kappa shape index (κ3) is 4.79. The molecule has 2 aromatic rings. The fourth-order valence-electron chi connectivity index (χ4n) is 4.35. The van der Waals surface area contributed by atoms with Crippen LogP contribution in [0.15, 0.2) is 47.4 Å². The molecule has 2 aliphatic rings. The van der Waals surface area contributed by atoms with Gasteiger partial charge in [-0.05, 0) is 55.2 Å². The molecule has 2 unspecified atom stereocenters. The molecule has 0 amide bonds. The Balaban J connectivity index is 1.67. The van der Waals surface area contributed by atoms with E-state index in [2.05, 4.69) is 0 Å². The molecule has 6 nitrogen and oxygen atoms in total. The zero-order chi connectivity index (χ0) is 24.5. The number of hydrogen-bond donors (Lipinski definition) is 0. The van der Waals surface area contributed by atoms with Gasteiger partial charge in [0.15, 0.2) is 5.78 Å². The average Bonchev–Trinajstić information content (AvgIpc) is 2.84. The number of sulfonamides is 1. The monoisotopic (exact) mass is 497 g/mol. The van der Waals surface area contributed by atoms with Gasteiger partial charge in [-0.2, -0.15) is 0 Å². The van der Waals surface area contributed by atoms with E-state index in [1.807, 2.05) is 6.92 Å². The molecule has 0 saturated carbocycles. The summed E-state index contributed by atoms with van der Waals surface area (Å²) < 4.78 is 79.4. The van der Waals surface area contributed by atoms with Crippen LogP contribution >= 0.6 is 0 Å². The van der Waals surface area contributed by atoms with E-state index in [1.165, 1.54) is 18.2 Å². The van der Waals surface area contributed by atoms with Gasteiger partial charge in [0.1, 0.15) is 11.9 Å². The molecule has 2 aliphatic heterocycles. The number of aryl methyl sites for hydroxylation is 1. The Morgan fingerprint density at radius 2 is 1.74 bits per heavy atom. The molecule has 2 atom stereocenters. The SMILES string of the molecule is CCc1ccc(N(C(F)C(F)F)S(=O)(=O)c2ccc3c(c2)C(=O)CC(C2CCOCC2)O3)cc1. The molecule has 4 rings (SSSR count). The number of rotatable bonds is 7. The largest absolute Gasteiger partial charge is 0.489 e. The van der Waals surface area contributed by atoms with Gasteiger partial charge in [-0.3, -0.25) is 4.79 Å². The van der Waals surface area contributed by atoms with Gasteiger partial charge in [0.05, 0.1) is 16.1 Å². The molecule has 0 bridgehead atoms. The lowest BCUT2D eigenvalue weighted by Crippen LogP contribution is -2.42. The first-order valence-corrected chi connectivity index (χ1v) is 12.6. The van der Waals surface area contributed by atoms with Crippen molar-refractivity contribution in [2.75, 3.05) is 17.5 Å². The molecule has 1 fully saturated rings. The van der Waals surface area contributed by atoms with Crippen molar-refractivity contribution in [1.82, 2.24) is 0 Å². The summed E-state index contributed by atoms with van der Waals surface area (Å²) in [6.45, 7) is 3.05. The number of anilines is 1. The number of fused-ring (bicyclic) bond motifs is 1. The predicted octanol–water partition coefficient (Wildman–Crippen LogP) is 4.77. The Kier molecular flexibility index (Phi) is 7.18. The minimum atomic E-state index is -4.75. The number of Topliss-reactive ketones (excluding diaryl/α,β-unsaturated/α-hetero) is 1. The molecule has 0 spiro atoms. The second-order valence-electron chi connectivity index (χ2n) is 8.42. The van der Waals surface area contributed by atoms with Gasteiger partial charge in [0.25, 0.3) is 16.4 Å². The first-order chi connectivity index (χ1) is 16.2. The number of ether oxygens (including phenoxy) is 2. The number of ketones is 1. The van der Waals surface area contributed by atoms with Crippen LogP contribution in [0.3, 0.4) is 0 Å². The standard InChI is InChI=1S/C24H26F3NO5S/c1-2-15-3-5-17(6-4-15)28(24(27)23(25)26)34(30,31)18-7-8-21-19(13-18)20(29)14-22(33-21)16-9-11-32-12-10-16/h3-8,13,16,22-24H,2,9-12,14H2,1H3. The zero-order valence-corrected chi connectivity index (χ0v) is 19.4. The molecule has 184 valence electrons. The van der Waals surface area contributed by atoms with Crippen LogP contribution in [0.4, 0.5) is 18.9 Å². The van der Waals surface area contributed by atoms with Crippen molar-refractivity contribution in [1.29, 1.82) is 0 Å². The molecule has 0 aromatic heterocycles. The topological polar surface area (TPSA) is 72.9 Å². The van der Waals surface area contributed by atoms with Crippen molar-refractivity contribution < 1.29 is 35.9 Å². The maximum Gasteiger partial charge on any atom is 0.288 e. The minimum absolute atomic E-state index is 0.0399. The van der Waals surface area contributed by atoms with Gasteiger partial charge in [0.2, 0.25) is 6.30 Å². The molecule has 2 aromatic carbocycles. The van der Waals surface area contributed by atoms with E-state index in [-0.39, 0.29) is 45.5 Å². The van der Waals surface area contributed by atoms with E-state index >= 15 is 0 Å². The lowest BCUT2D eigenvalue weighted by atomic mass is 9.87. The molecule has 34 heavy (non-hydrogen) atoms. The number of halogens is 3. The van der Waals surface area contributed by atoms with E-state index in [0.717, 1.165) is 30.5 Å². The van der Waals surface area contributed by atoms with Crippen molar-refractivity contribution in [2.24, 2.45) is 5.92 Å². The summed E-state index contributed by atoms with van der Waals surface area (Å²) >= 11 is 0. The molecule has 2 heterocycles. The van der Waals surface area contributed by atoms with Crippen molar-refractivity contribution in [3.05, 3.63) is 53.6 Å². The summed E-state index contributed by atoms with van der Waals surface area (Å²) in [5.74, 6) is 0.0738. The molecule has 0 radical (unpaired) electrons.